The second-order valence-electron chi connectivity index (χ2n) is 19.5. The second-order valence-corrected chi connectivity index (χ2v) is 19.5. The van der Waals surface area contributed by atoms with E-state index in [0.29, 0.717) is 32.5 Å². The molecule has 11 N–H and O–H groups in total. The Labute approximate surface area is 408 Å². The molecule has 4 amide bonds. The number of hydrogen-bond acceptors (Lipinski definition) is 8. The number of unbranched alkanes of at least 4 members (excludes halogenated alkanes) is 26. The summed E-state index contributed by atoms with van der Waals surface area (Å²) in [4.78, 5) is 70.3. The van der Waals surface area contributed by atoms with Crippen molar-refractivity contribution in [2.75, 3.05) is 39.3 Å². The number of carboxylic acid groups (broad SMARTS) is 1. The average molecular weight is 950 g/mol. The Morgan fingerprint density at radius 3 is 1.37 bits per heavy atom. The van der Waals surface area contributed by atoms with Gasteiger partial charge >= 0.3 is 5.97 Å². The molecule has 0 spiro atoms. The fourth-order valence-electron chi connectivity index (χ4n) is 8.41. The molecule has 0 radical (unpaired) electrons. The molecule has 15 nitrogen and oxygen atoms in total. The Balaban J connectivity index is 5.11. The van der Waals surface area contributed by atoms with Gasteiger partial charge in [-0.05, 0) is 51.1 Å². The number of amides is 4. The van der Waals surface area contributed by atoms with Crippen LogP contribution in [0.4, 0.5) is 0 Å². The number of rotatable bonds is 48. The smallest absolute Gasteiger partial charge is 0.305 e. The third-order valence-electron chi connectivity index (χ3n) is 12.5. The first kappa shape index (κ1) is 63.5. The summed E-state index contributed by atoms with van der Waals surface area (Å²) in [6, 6.07) is -3.32. The van der Waals surface area contributed by atoms with E-state index in [1.807, 2.05) is 13.8 Å². The van der Waals surface area contributed by atoms with E-state index >= 15 is 0 Å². The lowest BCUT2D eigenvalue weighted by molar-refractivity contribution is -0.141. The zero-order valence-electron chi connectivity index (χ0n) is 43.3. The quantitative estimate of drug-likeness (QED) is 0.0164. The molecule has 0 aromatic heterocycles. The molecule has 0 aliphatic rings. The Hall–Kier alpha value is -3.46. The van der Waals surface area contributed by atoms with Crippen LogP contribution in [-0.2, 0) is 24.0 Å². The minimum Gasteiger partial charge on any atom is -0.481 e. The first-order valence-electron chi connectivity index (χ1n) is 27.2. The number of nitrogens with two attached hydrogens (primary N) is 3. The Morgan fingerprint density at radius 2 is 0.970 bits per heavy atom. The van der Waals surface area contributed by atoms with Crippen LogP contribution in [0.2, 0.25) is 0 Å². The molecule has 3 atom stereocenters. The first-order valence-corrected chi connectivity index (χ1v) is 27.2. The highest BCUT2D eigenvalue weighted by molar-refractivity contribution is 5.95. The molecule has 15 heteroatoms. The Kier molecular flexibility index (Phi) is 42.7. The fourth-order valence-corrected chi connectivity index (χ4v) is 8.41. The van der Waals surface area contributed by atoms with Crippen molar-refractivity contribution in [1.29, 1.82) is 0 Å². The lowest BCUT2D eigenvalue weighted by Crippen LogP contribution is -2.56. The van der Waals surface area contributed by atoms with Gasteiger partial charge in [0.2, 0.25) is 23.6 Å². The third kappa shape index (κ3) is 41.3. The highest BCUT2D eigenvalue weighted by atomic mass is 16.4. The monoisotopic (exact) mass is 950 g/mol. The maximum atomic E-state index is 13.6. The molecule has 0 saturated heterocycles. The summed E-state index contributed by atoms with van der Waals surface area (Å²) in [5, 5.41) is 20.1. The minimum absolute atomic E-state index is 0.0413. The van der Waals surface area contributed by atoms with Crippen LogP contribution in [0, 0.1) is 5.92 Å². The van der Waals surface area contributed by atoms with Crippen LogP contribution in [0.1, 0.15) is 233 Å². The largest absolute Gasteiger partial charge is 0.481 e. The number of nitrogens with zero attached hydrogens (tertiary/aromatic N) is 2. The van der Waals surface area contributed by atoms with Gasteiger partial charge in [0.25, 0.3) is 0 Å². The van der Waals surface area contributed by atoms with Crippen LogP contribution in [0.3, 0.4) is 0 Å². The van der Waals surface area contributed by atoms with Crippen molar-refractivity contribution < 1.29 is 29.1 Å². The Bertz CT molecular complexity index is 1250. The van der Waals surface area contributed by atoms with Gasteiger partial charge in [-0.25, -0.2) is 0 Å². The molecule has 67 heavy (non-hydrogen) atoms. The van der Waals surface area contributed by atoms with Crippen molar-refractivity contribution in [2.24, 2.45) is 28.1 Å². The highest BCUT2D eigenvalue weighted by Crippen LogP contribution is 2.15. The zero-order valence-corrected chi connectivity index (χ0v) is 43.3. The van der Waals surface area contributed by atoms with Gasteiger partial charge in [0, 0.05) is 19.6 Å². The first-order chi connectivity index (χ1) is 32.3. The van der Waals surface area contributed by atoms with Gasteiger partial charge in [-0.2, -0.15) is 0 Å². The van der Waals surface area contributed by atoms with Crippen molar-refractivity contribution in [1.82, 2.24) is 26.2 Å². The molecular formula is C52H103N9O6. The number of carbonyl (C=O) groups excluding carboxylic acids is 4. The summed E-state index contributed by atoms with van der Waals surface area (Å²) in [7, 11) is 0. The SMILES string of the molecule is CCCCCCCCCCCCCCCCN(CCCCCCCCCCCCCCCC)CCNC(=O)[C@H](CC(C)C)NC(=O)[C@H](CC(=O)O)NC(=O)CNC(=O)[C@@H](N)CCCN=C(N)N. The van der Waals surface area contributed by atoms with E-state index in [1.165, 1.54) is 167 Å². The predicted molar refractivity (Wildman–Crippen MR) is 277 cm³/mol. The molecule has 0 bridgehead atoms. The molecule has 0 aromatic carbocycles. The van der Waals surface area contributed by atoms with E-state index < -0.39 is 54.8 Å². The maximum absolute atomic E-state index is 13.6. The van der Waals surface area contributed by atoms with Gasteiger partial charge in [-0.1, -0.05) is 195 Å². The van der Waals surface area contributed by atoms with E-state index in [9.17, 15) is 29.1 Å². The van der Waals surface area contributed by atoms with Gasteiger partial charge < -0.3 is 48.5 Å². The normalized spacial score (nSPS) is 12.7. The zero-order chi connectivity index (χ0) is 49.8. The number of nitrogens with one attached hydrogen (secondary N) is 4. The summed E-state index contributed by atoms with van der Waals surface area (Å²) in [5.41, 5.74) is 16.5. The van der Waals surface area contributed by atoms with Crippen molar-refractivity contribution in [3.05, 3.63) is 0 Å². The molecule has 392 valence electrons. The number of hydrogen-bond donors (Lipinski definition) is 8. The molecule has 0 aliphatic heterocycles. The number of aliphatic imine (C=N–C) groups is 1. The van der Waals surface area contributed by atoms with Gasteiger partial charge in [0.05, 0.1) is 19.0 Å². The molecule has 0 fully saturated rings. The number of carboxylic acids is 1. The topological polar surface area (TPSA) is 247 Å². The lowest BCUT2D eigenvalue weighted by atomic mass is 10.0. The molecule has 0 rings (SSSR count). The molecule has 0 aliphatic carbocycles. The lowest BCUT2D eigenvalue weighted by Gasteiger charge is -2.25. The van der Waals surface area contributed by atoms with E-state index in [-0.39, 0.29) is 24.2 Å². The average Bonchev–Trinajstić information content (AvgIpc) is 3.28. The number of carbonyl (C=O) groups is 5. The predicted octanol–water partition coefficient (Wildman–Crippen LogP) is 8.35. The van der Waals surface area contributed by atoms with Crippen LogP contribution >= 0.6 is 0 Å². The third-order valence-corrected chi connectivity index (χ3v) is 12.5. The van der Waals surface area contributed by atoms with Gasteiger partial charge in [-0.3, -0.25) is 29.0 Å². The van der Waals surface area contributed by atoms with Crippen LogP contribution in [0.5, 0.6) is 0 Å². The summed E-state index contributed by atoms with van der Waals surface area (Å²) >= 11 is 0. The Morgan fingerprint density at radius 1 is 0.537 bits per heavy atom. The standard InChI is InChI=1S/C52H103N9O6/c1-5-7-9-11-13-15-17-19-21-23-25-27-29-31-37-61(38-32-30-28-26-24-22-20-18-16-14-12-10-8-6-2)39-36-56-50(66)45(40-43(3)4)60-51(67)46(41-48(63)64)59-47(62)42-58-49(65)44(53)34-33-35-57-52(54)55/h43-46H,5-42,53H2,1-4H3,(H,56,66)(H,58,65)(H,59,62)(H,60,67)(H,63,64)(H4,54,55,57)/t44-,45-,46-/m0/s1. The van der Waals surface area contributed by atoms with Crippen molar-refractivity contribution >= 4 is 35.6 Å². The van der Waals surface area contributed by atoms with E-state index in [0.717, 1.165) is 25.9 Å². The molecule has 0 unspecified atom stereocenters. The summed E-state index contributed by atoms with van der Waals surface area (Å²) in [6.45, 7) is 11.3. The minimum atomic E-state index is -1.47. The van der Waals surface area contributed by atoms with Gasteiger partial charge in [0.15, 0.2) is 5.96 Å². The fraction of sp³-hybridized carbons (Fsp3) is 0.885. The summed E-state index contributed by atoms with van der Waals surface area (Å²) in [5.74, 6) is -3.85. The summed E-state index contributed by atoms with van der Waals surface area (Å²) in [6.07, 6.45) is 37.3. The van der Waals surface area contributed by atoms with Gasteiger partial charge in [-0.15, -0.1) is 0 Å². The van der Waals surface area contributed by atoms with E-state index in [2.05, 4.69) is 45.0 Å². The van der Waals surface area contributed by atoms with E-state index in [1.54, 1.807) is 0 Å². The number of aliphatic carboxylic acids is 1. The van der Waals surface area contributed by atoms with Crippen molar-refractivity contribution in [3.63, 3.8) is 0 Å². The second kappa shape index (κ2) is 45.0. The maximum Gasteiger partial charge on any atom is 0.305 e. The molecule has 0 saturated carbocycles. The van der Waals surface area contributed by atoms with Crippen LogP contribution < -0.4 is 38.5 Å². The summed E-state index contributed by atoms with van der Waals surface area (Å²) < 4.78 is 0. The van der Waals surface area contributed by atoms with Crippen LogP contribution in [0.15, 0.2) is 4.99 Å². The molecular weight excluding hydrogens is 847 g/mol. The van der Waals surface area contributed by atoms with Crippen LogP contribution in [0.25, 0.3) is 0 Å². The van der Waals surface area contributed by atoms with Gasteiger partial charge in [0.1, 0.15) is 12.1 Å². The molecule has 0 aromatic rings. The van der Waals surface area contributed by atoms with Crippen LogP contribution in [-0.4, -0.2) is 103 Å². The number of guanidine groups is 1. The molecule has 0 heterocycles. The van der Waals surface area contributed by atoms with Crippen molar-refractivity contribution in [3.8, 4) is 0 Å². The van der Waals surface area contributed by atoms with E-state index in [4.69, 9.17) is 17.2 Å². The highest BCUT2D eigenvalue weighted by Gasteiger charge is 2.29. The van der Waals surface area contributed by atoms with Crippen molar-refractivity contribution in [2.45, 2.75) is 251 Å².